The second-order valence-corrected chi connectivity index (χ2v) is 10.4. The fourth-order valence-electron chi connectivity index (χ4n) is 6.00. The van der Waals surface area contributed by atoms with Crippen LogP contribution in [0.4, 0.5) is 4.79 Å². The van der Waals surface area contributed by atoms with Crippen LogP contribution in [0, 0.1) is 0 Å². The number of amides is 1. The minimum absolute atomic E-state index is 0.0991. The number of carbonyl (C=O) groups excluding carboxylic acids is 1. The summed E-state index contributed by atoms with van der Waals surface area (Å²) in [6.45, 7) is 0.384. The number of hydrogen-bond acceptors (Lipinski definition) is 3. The van der Waals surface area contributed by atoms with Crippen LogP contribution in [0.5, 0.6) is 0 Å². The zero-order valence-corrected chi connectivity index (χ0v) is 20.3. The molecule has 0 radical (unpaired) electrons. The summed E-state index contributed by atoms with van der Waals surface area (Å²) in [5.74, 6) is 0.0991. The smallest absolute Gasteiger partial charge is 0.410 e. The summed E-state index contributed by atoms with van der Waals surface area (Å²) in [6, 6.07) is 26.1. The normalized spacial score (nSPS) is 21.0. The van der Waals surface area contributed by atoms with E-state index in [-0.39, 0.29) is 24.1 Å². The molecule has 6 rings (SSSR count). The number of thioether (sulfide) groups is 1. The van der Waals surface area contributed by atoms with Crippen LogP contribution in [0.2, 0.25) is 0 Å². The summed E-state index contributed by atoms with van der Waals surface area (Å²) in [5.41, 5.74) is 7.67. The Labute approximate surface area is 205 Å². The second kappa shape index (κ2) is 8.99. The van der Waals surface area contributed by atoms with Crippen LogP contribution < -0.4 is 0 Å². The minimum atomic E-state index is -0.162. The highest BCUT2D eigenvalue weighted by molar-refractivity contribution is 7.98. The number of piperidine rings is 1. The van der Waals surface area contributed by atoms with Crippen molar-refractivity contribution in [2.24, 2.45) is 0 Å². The highest BCUT2D eigenvalue weighted by Gasteiger charge is 2.39. The Morgan fingerprint density at radius 2 is 1.62 bits per heavy atom. The molecule has 34 heavy (non-hydrogen) atoms. The van der Waals surface area contributed by atoms with Crippen molar-refractivity contribution in [3.63, 3.8) is 0 Å². The van der Waals surface area contributed by atoms with Crippen molar-refractivity contribution >= 4 is 23.4 Å². The Kier molecular flexibility index (Phi) is 5.70. The number of ether oxygens (including phenoxy) is 1. The van der Waals surface area contributed by atoms with Crippen LogP contribution in [0.3, 0.4) is 0 Å². The van der Waals surface area contributed by atoms with Crippen LogP contribution in [0.1, 0.15) is 48.3 Å². The molecule has 1 aliphatic carbocycles. The van der Waals surface area contributed by atoms with E-state index in [2.05, 4.69) is 85.1 Å². The summed E-state index contributed by atoms with van der Waals surface area (Å²) >= 11 is 1.76. The lowest BCUT2D eigenvalue weighted by molar-refractivity contribution is 0.0539. The van der Waals surface area contributed by atoms with E-state index in [9.17, 15) is 4.79 Å². The molecule has 172 valence electrons. The van der Waals surface area contributed by atoms with Gasteiger partial charge in [-0.1, -0.05) is 66.7 Å². The molecule has 0 aromatic heterocycles. The molecular formula is C30H29NO2S. The van der Waals surface area contributed by atoms with Crippen molar-refractivity contribution in [1.82, 2.24) is 4.90 Å². The summed E-state index contributed by atoms with van der Waals surface area (Å²) in [6.07, 6.45) is 8.37. The fraction of sp³-hybridized carbons (Fsp3) is 0.300. The number of fused-ring (bicyclic) bond motifs is 5. The van der Waals surface area contributed by atoms with Crippen LogP contribution in [-0.4, -0.2) is 35.9 Å². The second-order valence-electron chi connectivity index (χ2n) is 9.49. The highest BCUT2D eigenvalue weighted by atomic mass is 32.2. The first-order chi connectivity index (χ1) is 16.7. The quantitative estimate of drug-likeness (QED) is 0.375. The molecule has 4 heteroatoms. The van der Waals surface area contributed by atoms with Gasteiger partial charge in [0.2, 0.25) is 0 Å². The van der Waals surface area contributed by atoms with E-state index in [4.69, 9.17) is 4.74 Å². The SMILES string of the molecule is CSc1ccc(C2=CC3CCCC(C2)N3C(=O)OCC2c3ccccc3-c3ccccc32)cc1. The average Bonchev–Trinajstić information content (AvgIpc) is 3.20. The zero-order valence-electron chi connectivity index (χ0n) is 19.4. The van der Waals surface area contributed by atoms with Crippen molar-refractivity contribution in [3.05, 3.63) is 95.6 Å². The molecule has 1 fully saturated rings. The van der Waals surface area contributed by atoms with Crippen molar-refractivity contribution in [3.8, 4) is 11.1 Å². The van der Waals surface area contributed by atoms with Gasteiger partial charge < -0.3 is 4.74 Å². The first-order valence-corrected chi connectivity index (χ1v) is 13.4. The standard InChI is InChI=1S/C30H29NO2S/c1-34-24-15-13-20(14-16-24)21-17-22-7-6-8-23(18-21)31(22)30(32)33-19-29-27-11-4-2-9-25(27)26-10-3-5-12-28(26)29/h2-5,9-17,22-23,29H,6-8,18-19H2,1H3. The Morgan fingerprint density at radius 3 is 2.26 bits per heavy atom. The maximum Gasteiger partial charge on any atom is 0.410 e. The van der Waals surface area contributed by atoms with Crippen LogP contribution in [0.25, 0.3) is 16.7 Å². The fourth-order valence-corrected chi connectivity index (χ4v) is 6.41. The van der Waals surface area contributed by atoms with Gasteiger partial charge in [-0.3, -0.25) is 4.90 Å². The average molecular weight is 468 g/mol. The first kappa shape index (κ1) is 21.5. The predicted molar refractivity (Wildman–Crippen MR) is 139 cm³/mol. The lowest BCUT2D eigenvalue weighted by Crippen LogP contribution is -2.51. The first-order valence-electron chi connectivity index (χ1n) is 12.2. The molecule has 2 unspecified atom stereocenters. The molecule has 0 saturated carbocycles. The van der Waals surface area contributed by atoms with E-state index in [1.54, 1.807) is 11.8 Å². The van der Waals surface area contributed by atoms with E-state index < -0.39 is 0 Å². The Morgan fingerprint density at radius 1 is 0.941 bits per heavy atom. The summed E-state index contributed by atoms with van der Waals surface area (Å²) in [7, 11) is 0. The van der Waals surface area contributed by atoms with Gasteiger partial charge in [0.25, 0.3) is 0 Å². The summed E-state index contributed by atoms with van der Waals surface area (Å²) in [4.78, 5) is 16.7. The van der Waals surface area contributed by atoms with Gasteiger partial charge in [-0.25, -0.2) is 4.79 Å². The lowest BCUT2D eigenvalue weighted by atomic mass is 9.83. The molecule has 0 N–H and O–H groups in total. The molecule has 3 nitrogen and oxygen atoms in total. The monoisotopic (exact) mass is 467 g/mol. The van der Waals surface area contributed by atoms with Crippen molar-refractivity contribution < 1.29 is 9.53 Å². The van der Waals surface area contributed by atoms with Crippen LogP contribution in [0.15, 0.2) is 83.8 Å². The topological polar surface area (TPSA) is 29.5 Å². The van der Waals surface area contributed by atoms with Gasteiger partial charge in [-0.05, 0) is 77.5 Å². The molecular weight excluding hydrogens is 438 g/mol. The lowest BCUT2D eigenvalue weighted by Gasteiger charge is -2.44. The largest absolute Gasteiger partial charge is 0.448 e. The molecule has 2 bridgehead atoms. The van der Waals surface area contributed by atoms with Gasteiger partial charge in [-0.2, -0.15) is 0 Å². The van der Waals surface area contributed by atoms with Crippen molar-refractivity contribution in [2.75, 3.05) is 12.9 Å². The Hall–Kier alpha value is -2.98. The number of benzene rings is 3. The van der Waals surface area contributed by atoms with Crippen molar-refractivity contribution in [2.45, 2.75) is 48.6 Å². The van der Waals surface area contributed by atoms with E-state index >= 15 is 0 Å². The molecule has 1 amide bonds. The van der Waals surface area contributed by atoms with Gasteiger partial charge in [-0.15, -0.1) is 11.8 Å². The van der Waals surface area contributed by atoms with E-state index in [1.165, 1.54) is 38.3 Å². The van der Waals surface area contributed by atoms with Crippen LogP contribution >= 0.6 is 11.8 Å². The number of nitrogens with zero attached hydrogens (tertiary/aromatic N) is 1. The summed E-state index contributed by atoms with van der Waals surface area (Å²) in [5, 5.41) is 0. The molecule has 3 aromatic carbocycles. The highest BCUT2D eigenvalue weighted by Crippen LogP contribution is 2.45. The van der Waals surface area contributed by atoms with Gasteiger partial charge in [0.15, 0.2) is 0 Å². The zero-order chi connectivity index (χ0) is 23.1. The van der Waals surface area contributed by atoms with Gasteiger partial charge >= 0.3 is 6.09 Å². The predicted octanol–water partition coefficient (Wildman–Crippen LogP) is 7.37. The van der Waals surface area contributed by atoms with Gasteiger partial charge in [0.1, 0.15) is 6.61 Å². The van der Waals surface area contributed by atoms with Gasteiger partial charge in [0.05, 0.1) is 6.04 Å². The molecule has 2 aliphatic heterocycles. The molecule has 2 heterocycles. The van der Waals surface area contributed by atoms with E-state index in [1.807, 2.05) is 4.90 Å². The maximum atomic E-state index is 13.4. The Balaban J connectivity index is 1.20. The third-order valence-electron chi connectivity index (χ3n) is 7.64. The molecule has 2 atom stereocenters. The van der Waals surface area contributed by atoms with Gasteiger partial charge in [0, 0.05) is 16.9 Å². The third-order valence-corrected chi connectivity index (χ3v) is 8.39. The minimum Gasteiger partial charge on any atom is -0.448 e. The summed E-state index contributed by atoms with van der Waals surface area (Å²) < 4.78 is 6.04. The Bertz CT molecular complexity index is 1200. The van der Waals surface area contributed by atoms with E-state index in [0.717, 1.165) is 25.7 Å². The van der Waals surface area contributed by atoms with E-state index in [0.29, 0.717) is 6.61 Å². The number of rotatable bonds is 4. The van der Waals surface area contributed by atoms with Crippen molar-refractivity contribution in [1.29, 1.82) is 0 Å². The van der Waals surface area contributed by atoms with Crippen LogP contribution in [-0.2, 0) is 4.74 Å². The number of hydrogen-bond donors (Lipinski definition) is 0. The molecule has 3 aliphatic rings. The number of carbonyl (C=O) groups is 1. The third kappa shape index (κ3) is 3.74. The molecule has 1 saturated heterocycles. The maximum absolute atomic E-state index is 13.4. The molecule has 0 spiro atoms. The molecule has 3 aromatic rings.